The summed E-state index contributed by atoms with van der Waals surface area (Å²) in [5.41, 5.74) is 4.63. The molecular weight excluding hydrogens is 518 g/mol. The average molecular weight is 542 g/mol. The van der Waals surface area contributed by atoms with E-state index in [1.807, 2.05) is 30.3 Å². The van der Waals surface area contributed by atoms with Gasteiger partial charge in [0.1, 0.15) is 12.4 Å². The van der Waals surface area contributed by atoms with Gasteiger partial charge in [0.2, 0.25) is 3.79 Å². The Hall–Kier alpha value is -1.79. The highest BCUT2D eigenvalue weighted by molar-refractivity contribution is 6.67. The molecule has 0 radical (unpaired) electrons. The summed E-state index contributed by atoms with van der Waals surface area (Å²) >= 11 is 23.7. The Kier molecular flexibility index (Phi) is 6.34. The van der Waals surface area contributed by atoms with E-state index in [-0.39, 0.29) is 17.9 Å². The van der Waals surface area contributed by atoms with E-state index in [1.165, 1.54) is 16.8 Å². The molecule has 2 aromatic carbocycles. The predicted molar refractivity (Wildman–Crippen MR) is 137 cm³/mol. The molecule has 1 fully saturated rings. The van der Waals surface area contributed by atoms with Crippen molar-refractivity contribution >= 4 is 63.4 Å². The van der Waals surface area contributed by atoms with Gasteiger partial charge in [-0.15, -0.1) is 0 Å². The van der Waals surface area contributed by atoms with Crippen LogP contribution in [0.3, 0.4) is 0 Å². The van der Waals surface area contributed by atoms with Gasteiger partial charge >= 0.3 is 6.09 Å². The number of rotatable bonds is 3. The van der Waals surface area contributed by atoms with E-state index in [0.29, 0.717) is 18.1 Å². The molecule has 34 heavy (non-hydrogen) atoms. The number of carbonyl (C=O) groups is 1. The minimum atomic E-state index is -1.64. The summed E-state index contributed by atoms with van der Waals surface area (Å²) in [5.74, 6) is 0.989. The molecule has 1 aliphatic carbocycles. The minimum absolute atomic E-state index is 0.155. The Morgan fingerprint density at radius 2 is 2.06 bits per heavy atom. The fourth-order valence-corrected chi connectivity index (χ4v) is 5.94. The Morgan fingerprint density at radius 1 is 1.24 bits per heavy atom. The number of ether oxygens (including phenoxy) is 2. The van der Waals surface area contributed by atoms with Gasteiger partial charge in [-0.2, -0.15) is 0 Å². The third kappa shape index (κ3) is 4.44. The van der Waals surface area contributed by atoms with Gasteiger partial charge in [-0.05, 0) is 66.6 Å². The molecule has 3 aromatic rings. The molecule has 0 spiro atoms. The van der Waals surface area contributed by atoms with Gasteiger partial charge in [0, 0.05) is 40.1 Å². The number of H-pyrrole nitrogens is 1. The van der Waals surface area contributed by atoms with Crippen LogP contribution in [-0.4, -0.2) is 46.6 Å². The fraction of sp³-hybridized carbons (Fsp3) is 0.400. The van der Waals surface area contributed by atoms with E-state index in [1.54, 1.807) is 12.0 Å². The van der Waals surface area contributed by atoms with Crippen molar-refractivity contribution in [2.45, 2.75) is 28.5 Å². The molecule has 1 N–H and O–H groups in total. The number of benzene rings is 2. The molecule has 1 saturated heterocycles. The molecule has 9 heteroatoms. The summed E-state index contributed by atoms with van der Waals surface area (Å²) < 4.78 is 9.18. The minimum Gasteiger partial charge on any atom is -0.497 e. The summed E-state index contributed by atoms with van der Waals surface area (Å²) in [6, 6.07) is 14.2. The second kappa shape index (κ2) is 9.02. The lowest BCUT2D eigenvalue weighted by Crippen LogP contribution is -2.55. The molecule has 1 aromatic heterocycles. The SMILES string of the molecule is COc1cccc(C23CCN(C(=O)OCC(Cl)(Cl)Cl)CC2Cc2c([nH]c4ccc(Cl)cc24)C3)c1. The largest absolute Gasteiger partial charge is 0.497 e. The highest BCUT2D eigenvalue weighted by atomic mass is 35.6. The number of piperidine rings is 1. The fourth-order valence-electron chi connectivity index (χ4n) is 5.60. The molecule has 1 amide bonds. The quantitative estimate of drug-likeness (QED) is 0.375. The van der Waals surface area contributed by atoms with E-state index in [2.05, 4.69) is 17.1 Å². The molecule has 2 unspecified atom stereocenters. The maximum absolute atomic E-state index is 12.8. The first-order valence-electron chi connectivity index (χ1n) is 11.1. The zero-order chi connectivity index (χ0) is 24.1. The first-order valence-corrected chi connectivity index (χ1v) is 12.6. The number of amides is 1. The summed E-state index contributed by atoms with van der Waals surface area (Å²) in [6.07, 6.45) is 1.96. The summed E-state index contributed by atoms with van der Waals surface area (Å²) in [5, 5.41) is 1.84. The van der Waals surface area contributed by atoms with Crippen LogP contribution in [-0.2, 0) is 23.0 Å². The molecule has 2 atom stereocenters. The Balaban J connectivity index is 1.52. The number of hydrogen-bond acceptors (Lipinski definition) is 3. The number of carbonyl (C=O) groups excluding carboxylic acids is 1. The third-order valence-corrected chi connectivity index (χ3v) is 7.77. The number of nitrogens with one attached hydrogen (secondary N) is 1. The number of halogens is 4. The van der Waals surface area contributed by atoms with Crippen molar-refractivity contribution in [3.8, 4) is 5.75 Å². The topological polar surface area (TPSA) is 54.6 Å². The molecule has 2 heterocycles. The van der Waals surface area contributed by atoms with Crippen LogP contribution < -0.4 is 4.74 Å². The van der Waals surface area contributed by atoms with Crippen molar-refractivity contribution in [1.29, 1.82) is 0 Å². The lowest BCUT2D eigenvalue weighted by atomic mass is 9.59. The zero-order valence-corrected chi connectivity index (χ0v) is 21.6. The Bertz CT molecular complexity index is 1240. The Morgan fingerprint density at radius 3 is 2.82 bits per heavy atom. The lowest BCUT2D eigenvalue weighted by molar-refractivity contribution is 0.0539. The van der Waals surface area contributed by atoms with Crippen LogP contribution in [0.15, 0.2) is 42.5 Å². The van der Waals surface area contributed by atoms with E-state index >= 15 is 0 Å². The van der Waals surface area contributed by atoms with Gasteiger partial charge in [0.25, 0.3) is 0 Å². The number of hydrogen-bond donors (Lipinski definition) is 1. The average Bonchev–Trinajstić information content (AvgIpc) is 3.16. The maximum Gasteiger partial charge on any atom is 0.409 e. The highest BCUT2D eigenvalue weighted by Crippen LogP contribution is 2.50. The molecule has 0 saturated carbocycles. The van der Waals surface area contributed by atoms with Crippen molar-refractivity contribution in [2.75, 3.05) is 26.8 Å². The number of aromatic amines is 1. The molecule has 180 valence electrons. The maximum atomic E-state index is 12.8. The van der Waals surface area contributed by atoms with Gasteiger partial charge in [0.15, 0.2) is 0 Å². The third-order valence-electron chi connectivity index (χ3n) is 7.21. The number of fused-ring (bicyclic) bond motifs is 4. The van der Waals surface area contributed by atoms with Crippen LogP contribution in [0.4, 0.5) is 4.79 Å². The predicted octanol–water partition coefficient (Wildman–Crippen LogP) is 6.70. The van der Waals surface area contributed by atoms with E-state index in [4.69, 9.17) is 55.9 Å². The number of nitrogens with zero attached hydrogens (tertiary/aromatic N) is 1. The summed E-state index contributed by atoms with van der Waals surface area (Å²) in [4.78, 5) is 18.2. The van der Waals surface area contributed by atoms with Gasteiger partial charge in [-0.25, -0.2) is 4.79 Å². The first-order chi connectivity index (χ1) is 16.2. The smallest absolute Gasteiger partial charge is 0.409 e. The van der Waals surface area contributed by atoms with Crippen LogP contribution in [0.5, 0.6) is 5.75 Å². The number of likely N-dealkylation sites (tertiary alicyclic amines) is 1. The zero-order valence-electron chi connectivity index (χ0n) is 18.5. The van der Waals surface area contributed by atoms with Gasteiger partial charge in [-0.1, -0.05) is 58.5 Å². The molecule has 0 bridgehead atoms. The molecule has 5 rings (SSSR count). The van der Waals surface area contributed by atoms with Crippen LogP contribution >= 0.6 is 46.4 Å². The summed E-state index contributed by atoms with van der Waals surface area (Å²) in [6.45, 7) is 0.806. The monoisotopic (exact) mass is 540 g/mol. The lowest BCUT2D eigenvalue weighted by Gasteiger charge is -2.50. The standard InChI is InChI=1S/C25H24Cl4N2O3/c1-33-18-4-2-3-15(9-18)24-7-8-31(23(32)34-14-25(27,28)29)13-16(24)10-19-20-11-17(26)5-6-21(20)30-22(19)12-24/h2-6,9,11,16,30H,7-8,10,12-14H2,1H3. The normalized spacial score (nSPS) is 22.3. The van der Waals surface area contributed by atoms with Crippen LogP contribution in [0, 0.1) is 5.92 Å². The molecule has 5 nitrogen and oxygen atoms in total. The van der Waals surface area contributed by atoms with Gasteiger partial charge in [-0.3, -0.25) is 0 Å². The second-order valence-electron chi connectivity index (χ2n) is 9.10. The van der Waals surface area contributed by atoms with Crippen LogP contribution in [0.2, 0.25) is 5.02 Å². The van der Waals surface area contributed by atoms with Crippen molar-refractivity contribution in [3.63, 3.8) is 0 Å². The van der Waals surface area contributed by atoms with E-state index < -0.39 is 9.89 Å². The summed E-state index contributed by atoms with van der Waals surface area (Å²) in [7, 11) is 1.68. The molecule has 1 aliphatic heterocycles. The van der Waals surface area contributed by atoms with Crippen molar-refractivity contribution < 1.29 is 14.3 Å². The second-order valence-corrected chi connectivity index (χ2v) is 12.1. The van der Waals surface area contributed by atoms with E-state index in [0.717, 1.165) is 35.9 Å². The van der Waals surface area contributed by atoms with E-state index in [9.17, 15) is 4.79 Å². The molecule has 2 aliphatic rings. The van der Waals surface area contributed by atoms with Crippen LogP contribution in [0.25, 0.3) is 10.9 Å². The van der Waals surface area contributed by atoms with Crippen molar-refractivity contribution in [3.05, 3.63) is 64.3 Å². The van der Waals surface area contributed by atoms with Crippen molar-refractivity contribution in [1.82, 2.24) is 9.88 Å². The number of aromatic nitrogens is 1. The Labute approximate surface area is 218 Å². The highest BCUT2D eigenvalue weighted by Gasteiger charge is 2.49. The number of alkyl halides is 3. The van der Waals surface area contributed by atoms with Crippen molar-refractivity contribution in [2.24, 2.45) is 5.92 Å². The first kappa shape index (κ1) is 23.9. The van der Waals surface area contributed by atoms with Gasteiger partial charge in [0.05, 0.1) is 7.11 Å². The number of methoxy groups -OCH3 is 1. The van der Waals surface area contributed by atoms with Crippen LogP contribution in [0.1, 0.15) is 23.2 Å². The van der Waals surface area contributed by atoms with Gasteiger partial charge < -0.3 is 19.4 Å². The molecular formula is C25H24Cl4N2O3.